The van der Waals surface area contributed by atoms with Gasteiger partial charge < -0.3 is 10.3 Å². The average molecular weight is 440 g/mol. The summed E-state index contributed by atoms with van der Waals surface area (Å²) in [4.78, 5) is 27.0. The Hall–Kier alpha value is -2.97. The zero-order valence-corrected chi connectivity index (χ0v) is 18.3. The monoisotopic (exact) mass is 439 g/mol. The van der Waals surface area contributed by atoms with Crippen molar-refractivity contribution in [2.75, 3.05) is 18.4 Å². The molecular weight excluding hydrogens is 414 g/mol. The Kier molecular flexibility index (Phi) is 5.68. The summed E-state index contributed by atoms with van der Waals surface area (Å²) >= 11 is 0. The van der Waals surface area contributed by atoms with Gasteiger partial charge in [0.05, 0.1) is 4.90 Å². The number of nitrogens with one attached hydrogen (secondary N) is 2. The number of pyridine rings is 1. The maximum atomic E-state index is 13.1. The first-order valence-electron chi connectivity index (χ1n) is 10.3. The number of carbonyl (C=O) groups excluding carboxylic acids is 1. The number of fused-ring (bicyclic) bond motifs is 1. The number of piperidine rings is 1. The van der Waals surface area contributed by atoms with E-state index in [0.717, 1.165) is 16.8 Å². The number of aromatic amines is 1. The highest BCUT2D eigenvalue weighted by Gasteiger charge is 2.32. The highest BCUT2D eigenvalue weighted by Crippen LogP contribution is 2.27. The number of carbonyl (C=O) groups is 1. The molecule has 0 saturated carbocycles. The summed E-state index contributed by atoms with van der Waals surface area (Å²) < 4.78 is 27.6. The number of benzene rings is 2. The summed E-state index contributed by atoms with van der Waals surface area (Å²) in [7, 11) is -3.67. The Morgan fingerprint density at radius 1 is 1.06 bits per heavy atom. The van der Waals surface area contributed by atoms with Gasteiger partial charge in [-0.2, -0.15) is 4.31 Å². The number of hydrogen-bond donors (Lipinski definition) is 2. The van der Waals surface area contributed by atoms with Crippen LogP contribution in [0.3, 0.4) is 0 Å². The van der Waals surface area contributed by atoms with Crippen LogP contribution < -0.4 is 10.9 Å². The van der Waals surface area contributed by atoms with Gasteiger partial charge >= 0.3 is 0 Å². The van der Waals surface area contributed by atoms with Crippen LogP contribution in [0.4, 0.5) is 5.69 Å². The highest BCUT2D eigenvalue weighted by atomic mass is 32.2. The van der Waals surface area contributed by atoms with Crippen molar-refractivity contribution in [3.05, 3.63) is 70.0 Å². The van der Waals surface area contributed by atoms with E-state index in [4.69, 9.17) is 0 Å². The number of nitrogens with zero attached hydrogens (tertiary/aromatic N) is 1. The Balaban J connectivity index is 1.45. The first-order chi connectivity index (χ1) is 14.8. The molecule has 1 aliphatic heterocycles. The number of hydrogen-bond acceptors (Lipinski definition) is 4. The van der Waals surface area contributed by atoms with Gasteiger partial charge in [0.2, 0.25) is 21.5 Å². The minimum atomic E-state index is -3.67. The van der Waals surface area contributed by atoms with E-state index in [0.29, 0.717) is 23.7 Å². The molecule has 31 heavy (non-hydrogen) atoms. The van der Waals surface area contributed by atoms with Crippen LogP contribution in [0.5, 0.6) is 0 Å². The topological polar surface area (TPSA) is 99.3 Å². The van der Waals surface area contributed by atoms with Gasteiger partial charge in [-0.25, -0.2) is 8.42 Å². The second-order valence-corrected chi connectivity index (χ2v) is 9.92. The molecule has 3 aromatic rings. The molecule has 2 heterocycles. The fourth-order valence-corrected chi connectivity index (χ4v) is 5.43. The molecule has 0 unspecified atom stereocenters. The number of aromatic nitrogens is 1. The van der Waals surface area contributed by atoms with E-state index in [1.807, 2.05) is 32.0 Å². The molecular formula is C23H25N3O4S. The zero-order valence-electron chi connectivity index (χ0n) is 17.5. The van der Waals surface area contributed by atoms with E-state index in [1.165, 1.54) is 16.4 Å². The van der Waals surface area contributed by atoms with Crippen LogP contribution in [0, 0.1) is 19.8 Å². The standard InChI is InChI=1S/C23H25N3O4S/c1-15-4-3-5-20(16(15)2)25-23(28)17-10-12-26(13-11-17)31(29,30)19-7-8-21-18(14-19)6-9-22(27)24-21/h3-9,14,17H,10-13H2,1-2H3,(H,24,27)(H,25,28). The molecule has 1 fully saturated rings. The number of sulfonamides is 1. The van der Waals surface area contributed by atoms with Crippen molar-refractivity contribution in [3.63, 3.8) is 0 Å². The molecule has 1 saturated heterocycles. The lowest BCUT2D eigenvalue weighted by Crippen LogP contribution is -2.41. The van der Waals surface area contributed by atoms with Gasteiger partial charge in [0.1, 0.15) is 0 Å². The first-order valence-corrected chi connectivity index (χ1v) is 11.7. The smallest absolute Gasteiger partial charge is 0.248 e. The summed E-state index contributed by atoms with van der Waals surface area (Å²) in [5.41, 5.74) is 3.30. The Morgan fingerprint density at radius 3 is 2.55 bits per heavy atom. The molecule has 7 nitrogen and oxygen atoms in total. The molecule has 8 heteroatoms. The third-order valence-electron chi connectivity index (χ3n) is 6.02. The zero-order chi connectivity index (χ0) is 22.2. The molecule has 162 valence electrons. The second kappa shape index (κ2) is 8.28. The largest absolute Gasteiger partial charge is 0.326 e. The number of H-pyrrole nitrogens is 1. The van der Waals surface area contributed by atoms with Crippen molar-refractivity contribution in [1.29, 1.82) is 0 Å². The van der Waals surface area contributed by atoms with E-state index in [-0.39, 0.29) is 35.4 Å². The maximum Gasteiger partial charge on any atom is 0.248 e. The normalized spacial score (nSPS) is 15.8. The molecule has 0 atom stereocenters. The summed E-state index contributed by atoms with van der Waals surface area (Å²) in [6.07, 6.45) is 0.938. The summed E-state index contributed by atoms with van der Waals surface area (Å²) in [5, 5.41) is 3.65. The summed E-state index contributed by atoms with van der Waals surface area (Å²) in [6, 6.07) is 13.5. The first kappa shape index (κ1) is 21.3. The van der Waals surface area contributed by atoms with Gasteiger partial charge in [-0.3, -0.25) is 9.59 Å². The van der Waals surface area contributed by atoms with Crippen LogP contribution in [0.15, 0.2) is 58.2 Å². The molecule has 1 amide bonds. The third kappa shape index (κ3) is 4.26. The van der Waals surface area contributed by atoms with Crippen LogP contribution >= 0.6 is 0 Å². The van der Waals surface area contributed by atoms with E-state index in [9.17, 15) is 18.0 Å². The van der Waals surface area contributed by atoms with Crippen molar-refractivity contribution in [2.24, 2.45) is 5.92 Å². The fraction of sp³-hybridized carbons (Fsp3) is 0.304. The van der Waals surface area contributed by atoms with Crippen LogP contribution in [0.1, 0.15) is 24.0 Å². The van der Waals surface area contributed by atoms with Crippen molar-refractivity contribution >= 4 is 32.5 Å². The lowest BCUT2D eigenvalue weighted by atomic mass is 9.97. The number of aryl methyl sites for hydroxylation is 1. The lowest BCUT2D eigenvalue weighted by Gasteiger charge is -2.30. The van der Waals surface area contributed by atoms with Gasteiger partial charge in [0, 0.05) is 36.3 Å². The molecule has 2 aromatic carbocycles. The van der Waals surface area contributed by atoms with Crippen molar-refractivity contribution in [2.45, 2.75) is 31.6 Å². The van der Waals surface area contributed by atoms with Gasteiger partial charge in [-0.1, -0.05) is 12.1 Å². The van der Waals surface area contributed by atoms with Gasteiger partial charge in [-0.15, -0.1) is 0 Å². The second-order valence-electron chi connectivity index (χ2n) is 7.99. The Labute approximate surface area is 181 Å². The molecule has 1 aromatic heterocycles. The number of rotatable bonds is 4. The van der Waals surface area contributed by atoms with Crippen LogP contribution in [-0.4, -0.2) is 36.7 Å². The summed E-state index contributed by atoms with van der Waals surface area (Å²) in [5.74, 6) is -0.298. The minimum Gasteiger partial charge on any atom is -0.326 e. The summed E-state index contributed by atoms with van der Waals surface area (Å²) in [6.45, 7) is 4.55. The quantitative estimate of drug-likeness (QED) is 0.652. The van der Waals surface area contributed by atoms with E-state index in [1.54, 1.807) is 18.2 Å². The fourth-order valence-electron chi connectivity index (χ4n) is 3.92. The van der Waals surface area contributed by atoms with Crippen LogP contribution in [0.25, 0.3) is 10.9 Å². The average Bonchev–Trinajstić information content (AvgIpc) is 2.76. The molecule has 4 rings (SSSR count). The van der Waals surface area contributed by atoms with Gasteiger partial charge in [0.15, 0.2) is 0 Å². The van der Waals surface area contributed by atoms with Gasteiger partial charge in [0.25, 0.3) is 0 Å². The minimum absolute atomic E-state index is 0.0691. The molecule has 1 aliphatic rings. The third-order valence-corrected chi connectivity index (χ3v) is 7.91. The van der Waals surface area contributed by atoms with Crippen molar-refractivity contribution in [1.82, 2.24) is 9.29 Å². The molecule has 0 bridgehead atoms. The van der Waals surface area contributed by atoms with Crippen LogP contribution in [-0.2, 0) is 14.8 Å². The maximum absolute atomic E-state index is 13.1. The van der Waals surface area contributed by atoms with Crippen molar-refractivity contribution in [3.8, 4) is 0 Å². The Morgan fingerprint density at radius 2 is 1.81 bits per heavy atom. The number of amides is 1. The molecule has 2 N–H and O–H groups in total. The van der Waals surface area contributed by atoms with Crippen LogP contribution in [0.2, 0.25) is 0 Å². The lowest BCUT2D eigenvalue weighted by molar-refractivity contribution is -0.120. The molecule has 0 aliphatic carbocycles. The van der Waals surface area contributed by atoms with E-state index >= 15 is 0 Å². The highest BCUT2D eigenvalue weighted by molar-refractivity contribution is 7.89. The number of anilines is 1. The SMILES string of the molecule is Cc1cccc(NC(=O)C2CCN(S(=O)(=O)c3ccc4[nH]c(=O)ccc4c3)CC2)c1C. The molecule has 0 spiro atoms. The predicted octanol–water partition coefficient (Wildman–Crippen LogP) is 3.18. The predicted molar refractivity (Wildman–Crippen MR) is 121 cm³/mol. The molecule has 0 radical (unpaired) electrons. The Bertz CT molecular complexity index is 1310. The van der Waals surface area contributed by atoms with E-state index < -0.39 is 10.0 Å². The van der Waals surface area contributed by atoms with Crippen molar-refractivity contribution < 1.29 is 13.2 Å². The van der Waals surface area contributed by atoms with E-state index in [2.05, 4.69) is 10.3 Å². The van der Waals surface area contributed by atoms with Gasteiger partial charge in [-0.05, 0) is 73.5 Å².